The number of hydrogen-bond donors (Lipinski definition) is 2. The van der Waals surface area contributed by atoms with Gasteiger partial charge in [-0.05, 0) is 31.5 Å². The Labute approximate surface area is 126 Å². The quantitative estimate of drug-likeness (QED) is 0.816. The summed E-state index contributed by atoms with van der Waals surface area (Å²) in [6.07, 6.45) is 0.117. The predicted molar refractivity (Wildman–Crippen MR) is 76.4 cm³/mol. The van der Waals surface area contributed by atoms with Gasteiger partial charge in [0.2, 0.25) is 0 Å². The number of hydrogen-bond acceptors (Lipinski definition) is 3. The summed E-state index contributed by atoms with van der Waals surface area (Å²) in [7, 11) is 0. The number of nitrogens with zero attached hydrogens (tertiary/aromatic N) is 1. The molecule has 114 valence electrons. The van der Waals surface area contributed by atoms with Crippen LogP contribution in [0.25, 0.3) is 0 Å². The van der Waals surface area contributed by atoms with E-state index in [9.17, 15) is 19.1 Å². The lowest BCUT2D eigenvalue weighted by molar-refractivity contribution is -0.142. The highest BCUT2D eigenvalue weighted by Gasteiger charge is 2.32. The molecule has 1 aliphatic rings. The van der Waals surface area contributed by atoms with Crippen molar-refractivity contribution in [1.82, 2.24) is 4.90 Å². The second kappa shape index (κ2) is 6.41. The standard InChI is InChI=1S/C14H16ClFN2O3/c1-8(19)9-4-5-18(7-9)14(21)13(20)17-12-3-2-10(15)6-11(12)16/h2-3,6,8-9,19H,4-5,7H2,1H3,(H,17,20). The van der Waals surface area contributed by atoms with Crippen molar-refractivity contribution in [2.75, 3.05) is 18.4 Å². The molecule has 0 radical (unpaired) electrons. The molecule has 2 N–H and O–H groups in total. The van der Waals surface area contributed by atoms with Crippen molar-refractivity contribution in [1.29, 1.82) is 0 Å². The summed E-state index contributed by atoms with van der Waals surface area (Å²) in [5, 5.41) is 11.9. The van der Waals surface area contributed by atoms with Crippen molar-refractivity contribution >= 4 is 29.1 Å². The predicted octanol–water partition coefficient (Wildman–Crippen LogP) is 1.65. The molecule has 0 bridgehead atoms. The minimum absolute atomic E-state index is 0.0333. The Balaban J connectivity index is 1.99. The summed E-state index contributed by atoms with van der Waals surface area (Å²) in [6.45, 7) is 2.39. The lowest BCUT2D eigenvalue weighted by Crippen LogP contribution is -2.39. The Morgan fingerprint density at radius 1 is 1.52 bits per heavy atom. The maximum atomic E-state index is 13.6. The van der Waals surface area contributed by atoms with Gasteiger partial charge in [0.15, 0.2) is 0 Å². The Kier molecular flexibility index (Phi) is 4.80. The second-order valence-corrected chi connectivity index (χ2v) is 5.56. The number of nitrogens with one attached hydrogen (secondary N) is 1. The Morgan fingerprint density at radius 3 is 2.81 bits per heavy atom. The van der Waals surface area contributed by atoms with Crippen LogP contribution in [0.4, 0.5) is 10.1 Å². The first-order chi connectivity index (χ1) is 9.88. The third-order valence-corrected chi connectivity index (χ3v) is 3.80. The minimum Gasteiger partial charge on any atom is -0.393 e. The number of likely N-dealkylation sites (tertiary alicyclic amines) is 1. The third kappa shape index (κ3) is 3.71. The number of rotatable bonds is 2. The van der Waals surface area contributed by atoms with Gasteiger partial charge in [-0.2, -0.15) is 0 Å². The van der Waals surface area contributed by atoms with Gasteiger partial charge in [0.1, 0.15) is 5.82 Å². The topological polar surface area (TPSA) is 69.6 Å². The van der Waals surface area contributed by atoms with Gasteiger partial charge in [0.05, 0.1) is 11.8 Å². The van der Waals surface area contributed by atoms with Crippen molar-refractivity contribution in [2.45, 2.75) is 19.4 Å². The molecule has 1 aliphatic heterocycles. The smallest absolute Gasteiger partial charge is 0.313 e. The van der Waals surface area contributed by atoms with Gasteiger partial charge in [0, 0.05) is 24.0 Å². The first-order valence-corrected chi connectivity index (χ1v) is 6.99. The molecule has 2 amide bonds. The first kappa shape index (κ1) is 15.7. The largest absolute Gasteiger partial charge is 0.393 e. The van der Waals surface area contributed by atoms with Gasteiger partial charge >= 0.3 is 11.8 Å². The van der Waals surface area contributed by atoms with Crippen LogP contribution in [0, 0.1) is 11.7 Å². The summed E-state index contributed by atoms with van der Waals surface area (Å²) < 4.78 is 13.6. The van der Waals surface area contributed by atoms with Crippen LogP contribution < -0.4 is 5.32 Å². The Hall–Kier alpha value is -1.66. The van der Waals surface area contributed by atoms with E-state index < -0.39 is 23.7 Å². The van der Waals surface area contributed by atoms with Crippen LogP contribution in [0.1, 0.15) is 13.3 Å². The zero-order valence-electron chi connectivity index (χ0n) is 11.5. The molecule has 2 unspecified atom stereocenters. The zero-order chi connectivity index (χ0) is 15.6. The average molecular weight is 315 g/mol. The number of carbonyl (C=O) groups excluding carboxylic acids is 2. The normalized spacial score (nSPS) is 19.4. The van der Waals surface area contributed by atoms with E-state index in [0.717, 1.165) is 6.07 Å². The zero-order valence-corrected chi connectivity index (χ0v) is 12.2. The molecule has 0 aliphatic carbocycles. The summed E-state index contributed by atoms with van der Waals surface area (Å²) in [5.74, 6) is -2.36. The first-order valence-electron chi connectivity index (χ1n) is 6.62. The van der Waals surface area contributed by atoms with Crippen LogP contribution in [0.5, 0.6) is 0 Å². The molecular formula is C14H16ClFN2O3. The van der Waals surface area contributed by atoms with Crippen molar-refractivity contribution in [2.24, 2.45) is 5.92 Å². The fourth-order valence-electron chi connectivity index (χ4n) is 2.28. The third-order valence-electron chi connectivity index (χ3n) is 3.57. The van der Waals surface area contributed by atoms with Crippen LogP contribution in [0.3, 0.4) is 0 Å². The molecule has 0 saturated carbocycles. The molecule has 5 nitrogen and oxygen atoms in total. The highest BCUT2D eigenvalue weighted by molar-refractivity contribution is 6.39. The Bertz CT molecular complexity index is 565. The molecule has 7 heteroatoms. The maximum absolute atomic E-state index is 13.6. The molecule has 0 spiro atoms. The summed E-state index contributed by atoms with van der Waals surface area (Å²) in [6, 6.07) is 3.77. The van der Waals surface area contributed by atoms with Crippen LogP contribution in [-0.4, -0.2) is 41.0 Å². The monoisotopic (exact) mass is 314 g/mol. The molecule has 0 aromatic heterocycles. The van der Waals surface area contributed by atoms with Gasteiger partial charge in [-0.15, -0.1) is 0 Å². The summed E-state index contributed by atoms with van der Waals surface area (Å²) in [4.78, 5) is 25.2. The lowest BCUT2D eigenvalue weighted by Gasteiger charge is -2.17. The summed E-state index contributed by atoms with van der Waals surface area (Å²) >= 11 is 5.61. The van der Waals surface area contributed by atoms with Gasteiger partial charge in [-0.1, -0.05) is 11.6 Å². The number of carbonyl (C=O) groups is 2. The van der Waals surface area contributed by atoms with E-state index in [-0.39, 0.29) is 16.6 Å². The van der Waals surface area contributed by atoms with Crippen LogP contribution in [-0.2, 0) is 9.59 Å². The molecule has 1 heterocycles. The van der Waals surface area contributed by atoms with Gasteiger partial charge in [0.25, 0.3) is 0 Å². The molecular weight excluding hydrogens is 299 g/mol. The maximum Gasteiger partial charge on any atom is 0.313 e. The van der Waals surface area contributed by atoms with Crippen molar-refractivity contribution in [3.05, 3.63) is 29.0 Å². The van der Waals surface area contributed by atoms with Crippen molar-refractivity contribution in [3.63, 3.8) is 0 Å². The minimum atomic E-state index is -0.900. The van der Waals surface area contributed by atoms with E-state index >= 15 is 0 Å². The number of amides is 2. The number of anilines is 1. The molecule has 2 rings (SSSR count). The van der Waals surface area contributed by atoms with E-state index in [2.05, 4.69) is 5.32 Å². The van der Waals surface area contributed by atoms with E-state index in [1.54, 1.807) is 6.92 Å². The van der Waals surface area contributed by atoms with Crippen molar-refractivity contribution in [3.8, 4) is 0 Å². The van der Waals surface area contributed by atoms with E-state index in [0.29, 0.717) is 19.5 Å². The molecule has 1 saturated heterocycles. The van der Waals surface area contributed by atoms with Gasteiger partial charge in [-0.25, -0.2) is 4.39 Å². The molecule has 2 atom stereocenters. The second-order valence-electron chi connectivity index (χ2n) is 5.12. The fraction of sp³-hybridized carbons (Fsp3) is 0.429. The van der Waals surface area contributed by atoms with E-state index in [1.807, 2.05) is 0 Å². The number of aliphatic hydroxyl groups is 1. The summed E-state index contributed by atoms with van der Waals surface area (Å²) in [5.41, 5.74) is -0.0935. The van der Waals surface area contributed by atoms with Crippen molar-refractivity contribution < 1.29 is 19.1 Å². The number of halogens is 2. The Morgan fingerprint density at radius 2 is 2.24 bits per heavy atom. The van der Waals surface area contributed by atoms with Crippen LogP contribution in [0.15, 0.2) is 18.2 Å². The fourth-order valence-corrected chi connectivity index (χ4v) is 2.43. The lowest BCUT2D eigenvalue weighted by atomic mass is 10.0. The van der Waals surface area contributed by atoms with E-state index in [4.69, 9.17) is 11.6 Å². The van der Waals surface area contributed by atoms with E-state index in [1.165, 1.54) is 17.0 Å². The highest BCUT2D eigenvalue weighted by atomic mass is 35.5. The average Bonchev–Trinajstić information content (AvgIpc) is 2.90. The van der Waals surface area contributed by atoms with Crippen LogP contribution >= 0.6 is 11.6 Å². The van der Waals surface area contributed by atoms with Crippen LogP contribution in [0.2, 0.25) is 5.02 Å². The SMILES string of the molecule is CC(O)C1CCN(C(=O)C(=O)Nc2ccc(Cl)cc2F)C1. The number of aliphatic hydroxyl groups excluding tert-OH is 1. The van der Waals surface area contributed by atoms with Gasteiger partial charge in [-0.3, -0.25) is 9.59 Å². The molecule has 21 heavy (non-hydrogen) atoms. The number of benzene rings is 1. The molecule has 1 fully saturated rings. The van der Waals surface area contributed by atoms with Gasteiger partial charge < -0.3 is 15.3 Å². The highest BCUT2D eigenvalue weighted by Crippen LogP contribution is 2.21. The molecule has 1 aromatic rings. The molecule has 1 aromatic carbocycles.